The number of nitrogen functional groups attached to an aromatic ring is 1. The van der Waals surface area contributed by atoms with Gasteiger partial charge >= 0.3 is 35.8 Å². The summed E-state index contributed by atoms with van der Waals surface area (Å²) >= 11 is 0. The van der Waals surface area contributed by atoms with Gasteiger partial charge in [0.05, 0.1) is 74.6 Å². The van der Waals surface area contributed by atoms with E-state index in [1.54, 1.807) is 114 Å². The van der Waals surface area contributed by atoms with Crippen LogP contribution in [0.25, 0.3) is 66.8 Å². The first-order valence-corrected chi connectivity index (χ1v) is 23.3. The number of nitrogens with two attached hydrogens (primary N) is 1. The fraction of sp³-hybridized carbons (Fsp3) is 0.236. The van der Waals surface area contributed by atoms with Gasteiger partial charge < -0.3 is 44.4 Å². The van der Waals surface area contributed by atoms with Gasteiger partial charge in [0.15, 0.2) is 5.69 Å². The van der Waals surface area contributed by atoms with Crippen LogP contribution in [0.15, 0.2) is 96.2 Å². The zero-order valence-electron chi connectivity index (χ0n) is 40.6. The zero-order chi connectivity index (χ0) is 52.0. The monoisotopic (exact) mass is 977 g/mol. The maximum atomic E-state index is 13.6. The number of hydrogen-bond donors (Lipinski definition) is 2. The summed E-state index contributed by atoms with van der Waals surface area (Å²) in [7, 11) is 1.26. The number of anilines is 1. The molecule has 6 aliphatic carbocycles. The van der Waals surface area contributed by atoms with E-state index in [0.717, 1.165) is 0 Å². The lowest BCUT2D eigenvalue weighted by Crippen LogP contribution is -2.98. The lowest BCUT2D eigenvalue weighted by molar-refractivity contribution is -0.751. The second-order valence-electron chi connectivity index (χ2n) is 16.0. The number of nitrogens with zero attached hydrogens (tertiary/aromatic N) is 1. The number of carbonyl (C=O) groups is 6. The first-order chi connectivity index (χ1) is 34.7. The molecule has 7 rings (SSSR count). The Labute approximate surface area is 414 Å². The third-order valence-corrected chi connectivity index (χ3v) is 11.8. The zero-order valence-corrected chi connectivity index (χ0v) is 40.6. The Balaban J connectivity index is 1.54. The van der Waals surface area contributed by atoms with Gasteiger partial charge in [0.2, 0.25) is 0 Å². The summed E-state index contributed by atoms with van der Waals surface area (Å²) in [6.45, 7) is 9.85. The van der Waals surface area contributed by atoms with Crippen LogP contribution in [0, 0.1) is 10.1 Å². The van der Waals surface area contributed by atoms with E-state index in [9.17, 15) is 38.9 Å². The Bertz CT molecular complexity index is 3030. The first-order valence-electron chi connectivity index (χ1n) is 23.3. The van der Waals surface area contributed by atoms with Gasteiger partial charge in [0.1, 0.15) is 16.8 Å². The molecule has 0 aliphatic heterocycles. The molecule has 0 aromatic heterocycles. The molecule has 0 saturated heterocycles. The summed E-state index contributed by atoms with van der Waals surface area (Å²) in [4.78, 5) is 93.1. The number of nitroso groups, excluding NO2 is 1. The first kappa shape index (κ1) is 51.3. The molecule has 1 unspecified atom stereocenters. The maximum absolute atomic E-state index is 13.6. The molecular weight excluding hydrogens is 927 g/mol. The number of benzene rings is 1. The lowest BCUT2D eigenvalue weighted by Gasteiger charge is -2.17. The van der Waals surface area contributed by atoms with Crippen molar-refractivity contribution in [2.75, 3.05) is 52.4 Å². The van der Waals surface area contributed by atoms with Gasteiger partial charge in [-0.1, -0.05) is 72.8 Å². The van der Waals surface area contributed by atoms with E-state index in [1.165, 1.54) is 7.05 Å². The molecule has 0 bridgehead atoms. The quantitative estimate of drug-likeness (QED) is 0.0373. The highest BCUT2D eigenvalue weighted by molar-refractivity contribution is 6.17. The van der Waals surface area contributed by atoms with Crippen molar-refractivity contribution >= 4 is 52.9 Å². The molecule has 0 spiro atoms. The molecule has 0 saturated carbocycles. The molecule has 6 aliphatic rings. The number of fused-ring (bicyclic) bond motifs is 3. The number of esters is 6. The van der Waals surface area contributed by atoms with Crippen molar-refractivity contribution in [2.45, 2.75) is 41.5 Å². The number of hydrogen-bond acceptors (Lipinski definition) is 16. The number of ether oxygens (including phenoxy) is 6. The number of hydroxylamine groups is 1. The third-order valence-electron chi connectivity index (χ3n) is 11.8. The van der Waals surface area contributed by atoms with E-state index < -0.39 is 46.6 Å². The van der Waals surface area contributed by atoms with E-state index >= 15 is 0 Å². The molecule has 0 fully saturated rings. The Morgan fingerprint density at radius 2 is 0.653 bits per heavy atom. The fourth-order valence-corrected chi connectivity index (χ4v) is 8.89. The smallest absolute Gasteiger partial charge is 0.344 e. The summed E-state index contributed by atoms with van der Waals surface area (Å²) in [6, 6.07) is 25.8. The number of rotatable bonds is 17. The van der Waals surface area contributed by atoms with Gasteiger partial charge in [0, 0.05) is 11.1 Å². The predicted octanol–water partition coefficient (Wildman–Crippen LogP) is 9.69. The highest BCUT2D eigenvalue weighted by atomic mass is 16.6. The topological polar surface area (TPSA) is 241 Å². The molecule has 1 aromatic rings. The van der Waals surface area contributed by atoms with Crippen molar-refractivity contribution in [3.63, 3.8) is 0 Å². The second kappa shape index (κ2) is 22.0. The fourth-order valence-electron chi connectivity index (χ4n) is 8.89. The third kappa shape index (κ3) is 9.54. The predicted molar refractivity (Wildman–Crippen MR) is 268 cm³/mol. The summed E-state index contributed by atoms with van der Waals surface area (Å²) in [5.41, 5.74) is 10.6. The molecule has 0 radical (unpaired) electrons. The van der Waals surface area contributed by atoms with Crippen LogP contribution >= 0.6 is 0 Å². The minimum Gasteiger partial charge on any atom is -0.629 e. The van der Waals surface area contributed by atoms with E-state index in [0.29, 0.717) is 44.5 Å². The Morgan fingerprint density at radius 3 is 0.903 bits per heavy atom. The van der Waals surface area contributed by atoms with Gasteiger partial charge in [0.25, 0.3) is 0 Å². The molecular formula is C55H51N3O14. The highest BCUT2D eigenvalue weighted by Crippen LogP contribution is 2.46. The highest BCUT2D eigenvalue weighted by Gasteiger charge is 2.37. The Hall–Kier alpha value is -8.54. The summed E-state index contributed by atoms with van der Waals surface area (Å²) in [5, 5.41) is 15.7. The summed E-state index contributed by atoms with van der Waals surface area (Å²) in [5.74, 6) is -4.74. The molecule has 72 heavy (non-hydrogen) atoms. The van der Waals surface area contributed by atoms with Crippen molar-refractivity contribution in [1.82, 2.24) is 0 Å². The molecule has 1 atom stereocenters. The largest absolute Gasteiger partial charge is 0.629 e. The molecule has 3 N–H and O–H groups in total. The Kier molecular flexibility index (Phi) is 15.7. The van der Waals surface area contributed by atoms with E-state index in [-0.39, 0.29) is 107 Å². The maximum Gasteiger partial charge on any atom is 0.344 e. The summed E-state index contributed by atoms with van der Waals surface area (Å²) in [6.07, 6.45) is 0. The SMILES string of the molecule is CCOC(=O)c1c2ccc(-c3cc(-c4ccc5c(C(=O)OCC)c(N=O)c(C(=O)OCC)c-5cc4)cc(-c4ccc5c(C(=O)OCC)c([NH+](C)[O-])c(C(=O)OCC)c-5cc4)c3)ccc-2c(C(=O)OCC)c1N. The average Bonchev–Trinajstić information content (AvgIpc) is 3.69. The number of nitrogens with one attached hydrogen (secondary N) is 1. The molecule has 17 nitrogen and oxygen atoms in total. The van der Waals surface area contributed by atoms with Crippen molar-refractivity contribution < 1.29 is 62.3 Å². The van der Waals surface area contributed by atoms with Gasteiger partial charge in [-0.15, -0.1) is 4.91 Å². The van der Waals surface area contributed by atoms with Gasteiger partial charge in [-0.3, -0.25) is 0 Å². The van der Waals surface area contributed by atoms with Gasteiger partial charge in [-0.2, -0.15) is 0 Å². The van der Waals surface area contributed by atoms with Gasteiger partial charge in [-0.25, -0.2) is 28.8 Å². The van der Waals surface area contributed by atoms with Crippen LogP contribution in [0.1, 0.15) is 104 Å². The number of quaternary nitrogens is 1. The van der Waals surface area contributed by atoms with Crippen molar-refractivity contribution in [2.24, 2.45) is 5.18 Å². The van der Waals surface area contributed by atoms with Crippen molar-refractivity contribution in [1.29, 1.82) is 0 Å². The van der Waals surface area contributed by atoms with Crippen LogP contribution in [0.5, 0.6) is 0 Å². The lowest BCUT2D eigenvalue weighted by atomic mass is 9.94. The molecule has 370 valence electrons. The van der Waals surface area contributed by atoms with Gasteiger partial charge in [-0.05, 0) is 121 Å². The van der Waals surface area contributed by atoms with Crippen molar-refractivity contribution in [3.8, 4) is 66.8 Å². The number of carbonyl (C=O) groups excluding carboxylic acids is 6. The Morgan fingerprint density at radius 1 is 0.417 bits per heavy atom. The van der Waals surface area contributed by atoms with Crippen LogP contribution in [0.3, 0.4) is 0 Å². The normalized spacial score (nSPS) is 11.5. The average molecular weight is 978 g/mol. The summed E-state index contributed by atoms with van der Waals surface area (Å²) < 4.78 is 32.1. The van der Waals surface area contributed by atoms with Crippen molar-refractivity contribution in [3.05, 3.63) is 134 Å². The molecule has 17 heteroatoms. The van der Waals surface area contributed by atoms with E-state index in [1.807, 2.05) is 18.2 Å². The van der Waals surface area contributed by atoms with Crippen LogP contribution < -0.4 is 10.8 Å². The van der Waals surface area contributed by atoms with Crippen LogP contribution in [-0.4, -0.2) is 82.5 Å². The van der Waals surface area contributed by atoms with Crippen LogP contribution in [-0.2, 0) is 28.4 Å². The standard InChI is InChI=1S/C55H51N3O14/c1-8-67-50(59)41-35-20-14-29(15-21-36(35)42(47(41)56)51(60)68-9-2)32-26-33(30-16-22-37-38(23-17-30)44(53(62)70-11-4)48(57-65)43(37)52(61)69-10-3)28-34(27-32)31-18-24-39-40(25-19-31)46(55(64)72-13-6)49(58(7)66)45(39)54(63)71-12-5/h14-28,58H,8-13,56H2,1-7H3. The molecule has 0 amide bonds. The van der Waals surface area contributed by atoms with Crippen LogP contribution in [0.2, 0.25) is 0 Å². The minimum absolute atomic E-state index is 0.00550. The second-order valence-corrected chi connectivity index (χ2v) is 16.0. The van der Waals surface area contributed by atoms with E-state index in [2.05, 4.69) is 5.18 Å². The molecule has 0 heterocycles. The minimum atomic E-state index is -0.858. The molecule has 1 aromatic carbocycles. The van der Waals surface area contributed by atoms with E-state index in [4.69, 9.17) is 34.2 Å². The van der Waals surface area contributed by atoms with Crippen LogP contribution in [0.4, 0.5) is 17.1 Å².